The second-order valence-electron chi connectivity index (χ2n) is 7.51. The van der Waals surface area contributed by atoms with Gasteiger partial charge in [-0.1, -0.05) is 48.5 Å². The molecule has 0 bridgehead atoms. The molecular weight excluding hydrogens is 438 g/mol. The van der Waals surface area contributed by atoms with Crippen LogP contribution in [0.15, 0.2) is 70.3 Å². The summed E-state index contributed by atoms with van der Waals surface area (Å²) in [6.07, 6.45) is 0.441. The summed E-state index contributed by atoms with van der Waals surface area (Å²) in [5.41, 5.74) is 5.09. The summed E-state index contributed by atoms with van der Waals surface area (Å²) in [6.45, 7) is 1.44. The van der Waals surface area contributed by atoms with Gasteiger partial charge in [0.2, 0.25) is 5.78 Å². The number of Topliss-reactive ketones (excluding diaryl/α,β-unsaturated/α-hetero) is 1. The Morgan fingerprint density at radius 3 is 2.24 bits per heavy atom. The zero-order chi connectivity index (χ0) is 24.5. The average Bonchev–Trinajstić information content (AvgIpc) is 2.85. The number of nitrogens with two attached hydrogens (primary N) is 1. The highest BCUT2D eigenvalue weighted by Crippen LogP contribution is 2.11. The first-order valence-electron chi connectivity index (χ1n) is 11.0. The van der Waals surface area contributed by atoms with Crippen LogP contribution in [0.25, 0.3) is 0 Å². The number of ether oxygens (including phenoxy) is 2. The number of hydrogen-bond donors (Lipinski definition) is 1. The van der Waals surface area contributed by atoms with E-state index in [-0.39, 0.29) is 30.9 Å². The van der Waals surface area contributed by atoms with Gasteiger partial charge in [-0.05, 0) is 31.0 Å². The highest BCUT2D eigenvalue weighted by molar-refractivity contribution is 6.01. The third-order valence-corrected chi connectivity index (χ3v) is 5.15. The largest absolute Gasteiger partial charge is 0.494 e. The molecular formula is C25H27N3O6. The minimum atomic E-state index is -0.799. The maximum absolute atomic E-state index is 12.8. The van der Waals surface area contributed by atoms with Gasteiger partial charge < -0.3 is 15.2 Å². The number of para-hydroxylation sites is 1. The van der Waals surface area contributed by atoms with Gasteiger partial charge in [-0.3, -0.25) is 23.5 Å². The Kier molecular flexibility index (Phi) is 8.39. The summed E-state index contributed by atoms with van der Waals surface area (Å²) in [5, 5.41) is 0. The Hall–Kier alpha value is -4.14. The van der Waals surface area contributed by atoms with Gasteiger partial charge in [0.15, 0.2) is 6.61 Å². The van der Waals surface area contributed by atoms with Crippen molar-refractivity contribution in [2.24, 2.45) is 0 Å². The van der Waals surface area contributed by atoms with Crippen LogP contribution in [0.3, 0.4) is 0 Å². The summed E-state index contributed by atoms with van der Waals surface area (Å²) in [7, 11) is 0. The summed E-state index contributed by atoms with van der Waals surface area (Å²) in [4.78, 5) is 50.4. The third-order valence-electron chi connectivity index (χ3n) is 5.15. The van der Waals surface area contributed by atoms with Crippen molar-refractivity contribution in [3.63, 3.8) is 0 Å². The third kappa shape index (κ3) is 6.00. The van der Waals surface area contributed by atoms with Gasteiger partial charge in [0.25, 0.3) is 5.56 Å². The molecule has 0 fully saturated rings. The lowest BCUT2D eigenvalue weighted by Gasteiger charge is -2.16. The second kappa shape index (κ2) is 11.6. The van der Waals surface area contributed by atoms with Crippen LogP contribution in [-0.2, 0) is 22.6 Å². The molecule has 0 saturated heterocycles. The molecule has 0 amide bonds. The summed E-state index contributed by atoms with van der Waals surface area (Å²) < 4.78 is 12.7. The Morgan fingerprint density at radius 2 is 1.59 bits per heavy atom. The van der Waals surface area contributed by atoms with E-state index in [1.807, 2.05) is 48.5 Å². The molecule has 0 aliphatic heterocycles. The Morgan fingerprint density at radius 1 is 0.941 bits per heavy atom. The predicted molar refractivity (Wildman–Crippen MR) is 127 cm³/mol. The number of hydrogen-bond acceptors (Lipinski definition) is 7. The molecule has 0 unspecified atom stereocenters. The minimum Gasteiger partial charge on any atom is -0.494 e. The Bertz CT molecular complexity index is 1250. The molecule has 0 spiro atoms. The number of carbonyl (C=O) groups is 2. The van der Waals surface area contributed by atoms with E-state index in [0.717, 1.165) is 10.1 Å². The topological polar surface area (TPSA) is 123 Å². The van der Waals surface area contributed by atoms with Crippen molar-refractivity contribution >= 4 is 17.6 Å². The molecule has 0 radical (unpaired) electrons. The van der Waals surface area contributed by atoms with Gasteiger partial charge in [0.1, 0.15) is 17.1 Å². The first-order valence-corrected chi connectivity index (χ1v) is 11.0. The number of aromatic nitrogens is 2. The summed E-state index contributed by atoms with van der Waals surface area (Å²) in [5.74, 6) is -0.919. The Balaban J connectivity index is 1.66. The summed E-state index contributed by atoms with van der Waals surface area (Å²) >= 11 is 0. The SMILES string of the molecule is CCn1c(=O)c(C(=O)COC(=O)CCCOc2ccccc2)c(N)n(Cc2ccccc2)c1=O. The monoisotopic (exact) mass is 465 g/mol. The van der Waals surface area contributed by atoms with Crippen LogP contribution >= 0.6 is 0 Å². The summed E-state index contributed by atoms with van der Waals surface area (Å²) in [6, 6.07) is 18.2. The number of benzene rings is 2. The second-order valence-corrected chi connectivity index (χ2v) is 7.51. The van der Waals surface area contributed by atoms with Crippen molar-refractivity contribution in [3.8, 4) is 5.75 Å². The fourth-order valence-corrected chi connectivity index (χ4v) is 3.39. The number of carbonyl (C=O) groups excluding carboxylic acids is 2. The van der Waals surface area contributed by atoms with Crippen molar-refractivity contribution in [2.75, 3.05) is 18.9 Å². The molecule has 0 saturated carbocycles. The normalized spacial score (nSPS) is 10.6. The zero-order valence-electron chi connectivity index (χ0n) is 18.9. The number of ketones is 1. The van der Waals surface area contributed by atoms with Crippen LogP contribution in [0, 0.1) is 0 Å². The quantitative estimate of drug-likeness (QED) is 0.262. The van der Waals surface area contributed by atoms with Gasteiger partial charge in [0, 0.05) is 13.0 Å². The predicted octanol–water partition coefficient (Wildman–Crippen LogP) is 2.25. The fraction of sp³-hybridized carbons (Fsp3) is 0.280. The smallest absolute Gasteiger partial charge is 0.332 e. The number of rotatable bonds is 11. The lowest BCUT2D eigenvalue weighted by atomic mass is 10.2. The zero-order valence-corrected chi connectivity index (χ0v) is 18.9. The van der Waals surface area contributed by atoms with Crippen LogP contribution in [0.5, 0.6) is 5.75 Å². The van der Waals surface area contributed by atoms with Gasteiger partial charge in [0.05, 0.1) is 13.2 Å². The fourth-order valence-electron chi connectivity index (χ4n) is 3.39. The maximum Gasteiger partial charge on any atom is 0.332 e. The van der Waals surface area contributed by atoms with E-state index in [1.165, 1.54) is 4.57 Å². The molecule has 2 aromatic carbocycles. The molecule has 1 heterocycles. The van der Waals surface area contributed by atoms with E-state index in [4.69, 9.17) is 15.2 Å². The number of esters is 1. The standard InChI is InChI=1S/C25H27N3O6/c1-2-27-24(31)22(23(26)28(25(27)32)16-18-10-5-3-6-11-18)20(29)17-34-21(30)14-9-15-33-19-12-7-4-8-13-19/h3-8,10-13H,2,9,14-17,26H2,1H3. The van der Waals surface area contributed by atoms with Gasteiger partial charge >= 0.3 is 11.7 Å². The molecule has 0 aliphatic rings. The molecule has 34 heavy (non-hydrogen) atoms. The van der Waals surface area contributed by atoms with Crippen molar-refractivity contribution < 1.29 is 19.1 Å². The molecule has 2 N–H and O–H groups in total. The van der Waals surface area contributed by atoms with E-state index < -0.39 is 29.6 Å². The van der Waals surface area contributed by atoms with Crippen molar-refractivity contribution in [2.45, 2.75) is 32.9 Å². The van der Waals surface area contributed by atoms with E-state index >= 15 is 0 Å². The molecule has 3 rings (SSSR count). The van der Waals surface area contributed by atoms with E-state index in [0.29, 0.717) is 18.8 Å². The van der Waals surface area contributed by atoms with Crippen LogP contribution in [0.4, 0.5) is 5.82 Å². The van der Waals surface area contributed by atoms with E-state index in [1.54, 1.807) is 19.1 Å². The number of nitrogens with zero attached hydrogens (tertiary/aromatic N) is 2. The van der Waals surface area contributed by atoms with Crippen LogP contribution in [0.1, 0.15) is 35.7 Å². The van der Waals surface area contributed by atoms with Crippen molar-refractivity contribution in [1.29, 1.82) is 0 Å². The molecule has 0 atom stereocenters. The van der Waals surface area contributed by atoms with Crippen LogP contribution in [0.2, 0.25) is 0 Å². The van der Waals surface area contributed by atoms with Gasteiger partial charge in [-0.15, -0.1) is 0 Å². The lowest BCUT2D eigenvalue weighted by Crippen LogP contribution is -2.44. The lowest BCUT2D eigenvalue weighted by molar-refractivity contribution is -0.142. The van der Waals surface area contributed by atoms with E-state index in [2.05, 4.69) is 0 Å². The molecule has 0 aliphatic carbocycles. The number of anilines is 1. The highest BCUT2D eigenvalue weighted by atomic mass is 16.5. The van der Waals surface area contributed by atoms with Gasteiger partial charge in [-0.2, -0.15) is 0 Å². The molecule has 9 heteroatoms. The molecule has 3 aromatic rings. The highest BCUT2D eigenvalue weighted by Gasteiger charge is 2.23. The molecule has 1 aromatic heterocycles. The number of nitrogen functional groups attached to an aromatic ring is 1. The van der Waals surface area contributed by atoms with Crippen molar-refractivity contribution in [1.82, 2.24) is 9.13 Å². The maximum atomic E-state index is 12.8. The van der Waals surface area contributed by atoms with Crippen molar-refractivity contribution in [3.05, 3.63) is 92.6 Å². The van der Waals surface area contributed by atoms with Crippen LogP contribution < -0.4 is 21.7 Å². The van der Waals surface area contributed by atoms with Crippen LogP contribution in [-0.4, -0.2) is 34.1 Å². The minimum absolute atomic E-state index is 0.0439. The van der Waals surface area contributed by atoms with E-state index in [9.17, 15) is 19.2 Å². The average molecular weight is 466 g/mol. The first-order chi connectivity index (χ1) is 16.4. The first kappa shape index (κ1) is 24.5. The Labute approximate surface area is 196 Å². The van der Waals surface area contributed by atoms with Gasteiger partial charge in [-0.25, -0.2) is 4.79 Å². The molecule has 9 nitrogen and oxygen atoms in total. The molecule has 178 valence electrons.